The van der Waals surface area contributed by atoms with Gasteiger partial charge in [-0.15, -0.1) is 0 Å². The Morgan fingerprint density at radius 1 is 1.22 bits per heavy atom. The van der Waals surface area contributed by atoms with Crippen LogP contribution >= 0.6 is 0 Å². The number of benzene rings is 1. The van der Waals surface area contributed by atoms with E-state index in [1.807, 2.05) is 51.1 Å². The first kappa shape index (κ1) is 20.4. The van der Waals surface area contributed by atoms with E-state index >= 15 is 0 Å². The molecule has 1 atom stereocenters. The van der Waals surface area contributed by atoms with Gasteiger partial charge in [-0.1, -0.05) is 23.4 Å². The summed E-state index contributed by atoms with van der Waals surface area (Å²) in [6, 6.07) is 9.58. The number of oxime groups is 1. The van der Waals surface area contributed by atoms with Crippen molar-refractivity contribution in [3.05, 3.63) is 62.9 Å². The largest absolute Gasteiger partial charge is 0.458 e. The number of para-hydroxylation sites is 1. The lowest BCUT2D eigenvalue weighted by atomic mass is 9.99. The number of hydrogen-bond acceptors (Lipinski definition) is 7. The van der Waals surface area contributed by atoms with Crippen LogP contribution in [0.1, 0.15) is 49.1 Å². The van der Waals surface area contributed by atoms with Gasteiger partial charge in [0.25, 0.3) is 5.56 Å². The fraction of sp³-hybridized carbons (Fsp3) is 0.333. The average molecular weight is 433 g/mol. The number of pyridine rings is 2. The molecule has 8 nitrogen and oxygen atoms in total. The van der Waals surface area contributed by atoms with E-state index in [0.717, 1.165) is 22.0 Å². The molecule has 0 saturated heterocycles. The number of methoxy groups -OCH3 is 1. The Morgan fingerprint density at radius 3 is 2.75 bits per heavy atom. The number of cyclic esters (lactones) is 1. The third-order valence-corrected chi connectivity index (χ3v) is 5.63. The molecule has 2 aliphatic heterocycles. The van der Waals surface area contributed by atoms with E-state index in [1.165, 1.54) is 7.11 Å². The van der Waals surface area contributed by atoms with Crippen molar-refractivity contribution in [2.75, 3.05) is 7.11 Å². The van der Waals surface area contributed by atoms with E-state index in [2.05, 4.69) is 5.16 Å². The minimum absolute atomic E-state index is 0.0629. The van der Waals surface area contributed by atoms with Crippen LogP contribution in [0.3, 0.4) is 0 Å². The second-order valence-corrected chi connectivity index (χ2v) is 8.89. The molecule has 0 spiro atoms. The van der Waals surface area contributed by atoms with Gasteiger partial charge in [0.05, 0.1) is 35.2 Å². The van der Waals surface area contributed by atoms with Gasteiger partial charge in [0.15, 0.2) is 6.10 Å². The third-order valence-electron chi connectivity index (χ3n) is 5.63. The van der Waals surface area contributed by atoms with Gasteiger partial charge in [0.2, 0.25) is 0 Å². The van der Waals surface area contributed by atoms with Crippen molar-refractivity contribution in [2.24, 2.45) is 5.16 Å². The summed E-state index contributed by atoms with van der Waals surface area (Å²) < 4.78 is 12.2. The summed E-state index contributed by atoms with van der Waals surface area (Å²) in [5, 5.41) is 5.14. The molecular weight excluding hydrogens is 410 g/mol. The molecule has 0 saturated carbocycles. The van der Waals surface area contributed by atoms with Crippen molar-refractivity contribution in [2.45, 2.75) is 45.6 Å². The van der Waals surface area contributed by atoms with Crippen LogP contribution in [0.25, 0.3) is 22.3 Å². The number of fused-ring (bicyclic) bond motifs is 5. The van der Waals surface area contributed by atoms with Crippen molar-refractivity contribution in [1.29, 1.82) is 0 Å². The summed E-state index contributed by atoms with van der Waals surface area (Å²) in [5.41, 5.74) is 4.19. The average Bonchev–Trinajstić information content (AvgIpc) is 3.11. The molecule has 2 aliphatic rings. The van der Waals surface area contributed by atoms with Crippen molar-refractivity contribution in [1.82, 2.24) is 9.55 Å². The summed E-state index contributed by atoms with van der Waals surface area (Å²) in [6.07, 6.45) is 0.762. The summed E-state index contributed by atoms with van der Waals surface area (Å²) >= 11 is 0. The van der Waals surface area contributed by atoms with Gasteiger partial charge in [-0.05, 0) is 32.9 Å². The van der Waals surface area contributed by atoms with Crippen molar-refractivity contribution in [3.8, 4) is 11.4 Å². The van der Waals surface area contributed by atoms with E-state index in [0.29, 0.717) is 29.1 Å². The molecule has 3 aromatic rings. The summed E-state index contributed by atoms with van der Waals surface area (Å²) in [7, 11) is 1.43. The zero-order valence-electron chi connectivity index (χ0n) is 18.3. The molecule has 164 valence electrons. The maximum atomic E-state index is 13.3. The smallest absolute Gasteiger partial charge is 0.340 e. The minimum Gasteiger partial charge on any atom is -0.458 e. The molecule has 0 aliphatic carbocycles. The third kappa shape index (κ3) is 3.18. The standard InChI is InChI=1S/C24H23N3O5/c1-24(2,3)32-25-10-15-13-7-5-6-8-18(13)26-20-16(15)11-27-19(20)9-14-17(22(27)28)12-31-23(29)21(14)30-4/h5-10,21H,11-12H2,1-4H3/b25-10+/t21-/m0/s1. The Balaban J connectivity index is 1.73. The van der Waals surface area contributed by atoms with Crippen LogP contribution in [0.4, 0.5) is 0 Å². The fourth-order valence-corrected chi connectivity index (χ4v) is 4.20. The molecule has 2 aromatic heterocycles. The highest BCUT2D eigenvalue weighted by molar-refractivity contribution is 6.02. The van der Waals surface area contributed by atoms with Gasteiger partial charge < -0.3 is 18.9 Å². The second-order valence-electron chi connectivity index (χ2n) is 8.89. The van der Waals surface area contributed by atoms with E-state index < -0.39 is 17.7 Å². The molecule has 1 aromatic carbocycles. The topological polar surface area (TPSA) is 92.0 Å². The van der Waals surface area contributed by atoms with Crippen LogP contribution in [0.2, 0.25) is 0 Å². The Morgan fingerprint density at radius 2 is 2.00 bits per heavy atom. The maximum Gasteiger partial charge on any atom is 0.340 e. The van der Waals surface area contributed by atoms with E-state index in [9.17, 15) is 9.59 Å². The maximum absolute atomic E-state index is 13.3. The number of aromatic nitrogens is 2. The van der Waals surface area contributed by atoms with Gasteiger partial charge in [-0.3, -0.25) is 4.79 Å². The molecule has 0 bridgehead atoms. The van der Waals surface area contributed by atoms with Gasteiger partial charge in [0.1, 0.15) is 12.2 Å². The molecular formula is C24H23N3O5. The lowest BCUT2D eigenvalue weighted by Gasteiger charge is -2.24. The van der Waals surface area contributed by atoms with Crippen LogP contribution in [0.15, 0.2) is 40.3 Å². The molecule has 0 amide bonds. The number of hydrogen-bond donors (Lipinski definition) is 0. The van der Waals surface area contributed by atoms with Crippen LogP contribution in [0, 0.1) is 0 Å². The monoisotopic (exact) mass is 433 g/mol. The van der Waals surface area contributed by atoms with E-state index in [1.54, 1.807) is 10.8 Å². The highest BCUT2D eigenvalue weighted by Crippen LogP contribution is 2.37. The van der Waals surface area contributed by atoms with Gasteiger partial charge in [-0.25, -0.2) is 9.78 Å². The van der Waals surface area contributed by atoms with Crippen molar-refractivity contribution in [3.63, 3.8) is 0 Å². The van der Waals surface area contributed by atoms with Crippen molar-refractivity contribution >= 4 is 23.1 Å². The Bertz CT molecular complexity index is 1350. The second kappa shape index (κ2) is 7.27. The number of esters is 1. The fourth-order valence-electron chi connectivity index (χ4n) is 4.20. The zero-order chi connectivity index (χ0) is 22.6. The lowest BCUT2D eigenvalue weighted by Crippen LogP contribution is -2.33. The van der Waals surface area contributed by atoms with Gasteiger partial charge >= 0.3 is 5.97 Å². The Kier molecular flexibility index (Phi) is 4.63. The molecule has 0 unspecified atom stereocenters. The number of ether oxygens (including phenoxy) is 2. The van der Waals surface area contributed by atoms with Crippen LogP contribution in [0.5, 0.6) is 0 Å². The molecule has 5 rings (SSSR count). The highest BCUT2D eigenvalue weighted by Gasteiger charge is 2.35. The number of rotatable bonds is 3. The Labute approximate surface area is 184 Å². The minimum atomic E-state index is -0.928. The first-order valence-corrected chi connectivity index (χ1v) is 10.4. The highest BCUT2D eigenvalue weighted by atomic mass is 16.6. The Hall–Kier alpha value is -3.52. The number of nitrogens with zero attached hydrogens (tertiary/aromatic N) is 3. The van der Waals surface area contributed by atoms with Gasteiger partial charge in [0, 0.05) is 29.2 Å². The summed E-state index contributed by atoms with van der Waals surface area (Å²) in [4.78, 5) is 35.9. The molecule has 0 N–H and O–H groups in total. The molecule has 0 fully saturated rings. The summed E-state index contributed by atoms with van der Waals surface area (Å²) in [6.45, 7) is 6.06. The predicted octanol–water partition coefficient (Wildman–Crippen LogP) is 3.32. The van der Waals surface area contributed by atoms with Crippen LogP contribution < -0.4 is 5.56 Å². The molecule has 32 heavy (non-hydrogen) atoms. The quantitative estimate of drug-likeness (QED) is 0.280. The molecule has 4 heterocycles. The number of carbonyl (C=O) groups is 1. The van der Waals surface area contributed by atoms with Gasteiger partial charge in [-0.2, -0.15) is 0 Å². The summed E-state index contributed by atoms with van der Waals surface area (Å²) in [5.74, 6) is -0.499. The van der Waals surface area contributed by atoms with E-state index in [4.69, 9.17) is 19.3 Å². The van der Waals surface area contributed by atoms with Crippen LogP contribution in [-0.2, 0) is 32.3 Å². The number of carbonyl (C=O) groups excluding carboxylic acids is 1. The zero-order valence-corrected chi connectivity index (χ0v) is 18.3. The predicted molar refractivity (Wildman–Crippen MR) is 119 cm³/mol. The molecule has 0 radical (unpaired) electrons. The first-order valence-electron chi connectivity index (χ1n) is 10.4. The molecule has 8 heteroatoms. The normalized spacial score (nSPS) is 17.2. The van der Waals surface area contributed by atoms with Crippen molar-refractivity contribution < 1.29 is 19.1 Å². The first-order chi connectivity index (χ1) is 15.3. The lowest BCUT2D eigenvalue weighted by molar-refractivity contribution is -0.159. The van der Waals surface area contributed by atoms with E-state index in [-0.39, 0.29) is 12.2 Å². The SMILES string of the molecule is CO[C@@H]1C(=O)OCc2c1cc1n(c2=O)Cc2c-1nc1ccccc1c2/C=N/OC(C)(C)C. The van der Waals surface area contributed by atoms with Crippen LogP contribution in [-0.4, -0.2) is 34.4 Å².